The third-order valence-electron chi connectivity index (χ3n) is 3.82. The summed E-state index contributed by atoms with van der Waals surface area (Å²) < 4.78 is 6.61. The second-order valence-corrected chi connectivity index (χ2v) is 6.18. The van der Waals surface area contributed by atoms with Gasteiger partial charge in [-0.1, -0.05) is 35.9 Å². The van der Waals surface area contributed by atoms with Crippen LogP contribution in [0.1, 0.15) is 33.2 Å². The average Bonchev–Trinajstić information content (AvgIpc) is 3.13. The number of halogens is 1. The Morgan fingerprint density at radius 1 is 1.15 bits per heavy atom. The summed E-state index contributed by atoms with van der Waals surface area (Å²) in [6.45, 7) is 2.50. The summed E-state index contributed by atoms with van der Waals surface area (Å²) in [5.41, 5.74) is 2.20. The molecule has 0 radical (unpaired) electrons. The molecule has 1 amide bonds. The fraction of sp³-hybridized carbons (Fsp3) is 0.150. The number of benzene rings is 2. The molecule has 0 aliphatic carbocycles. The van der Waals surface area contributed by atoms with Gasteiger partial charge in [-0.15, -0.1) is 0 Å². The minimum Gasteiger partial charge on any atom is -0.462 e. The largest absolute Gasteiger partial charge is 0.462 e. The number of carbonyl (C=O) groups is 2. The molecule has 7 heteroatoms. The summed E-state index contributed by atoms with van der Waals surface area (Å²) in [6.07, 6.45) is 3.13. The molecule has 27 heavy (non-hydrogen) atoms. The quantitative estimate of drug-likeness (QED) is 0.652. The molecule has 1 heterocycles. The molecule has 0 spiro atoms. The minimum absolute atomic E-state index is 0.292. The molecule has 2 aromatic carbocycles. The van der Waals surface area contributed by atoms with Crippen LogP contribution < -0.4 is 5.32 Å². The van der Waals surface area contributed by atoms with E-state index in [9.17, 15) is 9.59 Å². The van der Waals surface area contributed by atoms with Crippen molar-refractivity contribution < 1.29 is 14.3 Å². The van der Waals surface area contributed by atoms with Gasteiger partial charge < -0.3 is 10.1 Å². The number of rotatable bonds is 6. The van der Waals surface area contributed by atoms with Crippen molar-refractivity contribution in [2.45, 2.75) is 13.5 Å². The highest BCUT2D eigenvalue weighted by Crippen LogP contribution is 2.17. The highest BCUT2D eigenvalue weighted by atomic mass is 35.5. The number of ether oxygens (including phenoxy) is 1. The molecule has 0 saturated heterocycles. The maximum Gasteiger partial charge on any atom is 0.338 e. The Bertz CT molecular complexity index is 968. The van der Waals surface area contributed by atoms with Gasteiger partial charge in [0.05, 0.1) is 30.5 Å². The molecule has 1 aromatic heterocycles. The van der Waals surface area contributed by atoms with Crippen molar-refractivity contribution in [3.63, 3.8) is 0 Å². The van der Waals surface area contributed by atoms with Crippen LogP contribution >= 0.6 is 11.6 Å². The van der Waals surface area contributed by atoms with Crippen LogP contribution in [-0.2, 0) is 11.3 Å². The molecular formula is C20H18ClN3O3. The lowest BCUT2D eigenvalue weighted by Crippen LogP contribution is -2.12. The fourth-order valence-electron chi connectivity index (χ4n) is 2.51. The Morgan fingerprint density at radius 3 is 2.74 bits per heavy atom. The van der Waals surface area contributed by atoms with E-state index in [1.165, 1.54) is 6.20 Å². The van der Waals surface area contributed by atoms with Crippen molar-refractivity contribution in [1.29, 1.82) is 0 Å². The summed E-state index contributed by atoms with van der Waals surface area (Å²) in [4.78, 5) is 24.2. The van der Waals surface area contributed by atoms with Crippen LogP contribution in [0.3, 0.4) is 0 Å². The van der Waals surface area contributed by atoms with Crippen LogP contribution in [0.5, 0.6) is 0 Å². The molecule has 0 aliphatic rings. The molecule has 0 atom stereocenters. The minimum atomic E-state index is -0.429. The van der Waals surface area contributed by atoms with Gasteiger partial charge in [-0.3, -0.25) is 9.48 Å². The summed E-state index contributed by atoms with van der Waals surface area (Å²) >= 11 is 6.16. The maximum atomic E-state index is 12.4. The summed E-state index contributed by atoms with van der Waals surface area (Å²) in [7, 11) is 0. The molecule has 3 rings (SSSR count). The summed E-state index contributed by atoms with van der Waals surface area (Å²) in [5.74, 6) is -0.748. The maximum absolute atomic E-state index is 12.4. The monoisotopic (exact) mass is 383 g/mol. The predicted octanol–water partition coefficient (Wildman–Crippen LogP) is 4.01. The standard InChI is InChI=1S/C20H18ClN3O3/c1-2-27-20(26)14-7-5-8-17(10-14)23-19(25)16-11-22-24(13-16)12-15-6-3-4-9-18(15)21/h3-11,13H,2,12H2,1H3,(H,23,25). The van der Waals surface area contributed by atoms with E-state index in [1.807, 2.05) is 24.3 Å². The van der Waals surface area contributed by atoms with E-state index in [-0.39, 0.29) is 5.91 Å². The molecule has 138 valence electrons. The number of aromatic nitrogens is 2. The Labute approximate surface area is 161 Å². The van der Waals surface area contributed by atoms with Crippen LogP contribution in [0.25, 0.3) is 0 Å². The molecule has 6 nitrogen and oxygen atoms in total. The van der Waals surface area contributed by atoms with Crippen molar-refractivity contribution in [2.24, 2.45) is 0 Å². The molecule has 0 fully saturated rings. The Morgan fingerprint density at radius 2 is 1.96 bits per heavy atom. The number of hydrogen-bond acceptors (Lipinski definition) is 4. The van der Waals surface area contributed by atoms with Gasteiger partial charge in [-0.2, -0.15) is 5.10 Å². The first kappa shape index (κ1) is 18.7. The van der Waals surface area contributed by atoms with Crippen molar-refractivity contribution in [1.82, 2.24) is 9.78 Å². The summed E-state index contributed by atoms with van der Waals surface area (Å²) in [6, 6.07) is 14.1. The van der Waals surface area contributed by atoms with E-state index < -0.39 is 5.97 Å². The molecule has 0 unspecified atom stereocenters. The highest BCUT2D eigenvalue weighted by Gasteiger charge is 2.12. The van der Waals surface area contributed by atoms with Gasteiger partial charge in [0.1, 0.15) is 0 Å². The van der Waals surface area contributed by atoms with E-state index in [2.05, 4.69) is 10.4 Å². The fourth-order valence-corrected chi connectivity index (χ4v) is 2.71. The smallest absolute Gasteiger partial charge is 0.338 e. The molecule has 0 bridgehead atoms. The molecule has 3 aromatic rings. The van der Waals surface area contributed by atoms with Crippen LogP contribution in [-0.4, -0.2) is 28.3 Å². The van der Waals surface area contributed by atoms with Crippen molar-refractivity contribution in [3.8, 4) is 0 Å². The van der Waals surface area contributed by atoms with Gasteiger partial charge in [0.25, 0.3) is 5.91 Å². The van der Waals surface area contributed by atoms with E-state index in [1.54, 1.807) is 42.1 Å². The topological polar surface area (TPSA) is 73.2 Å². The molecule has 0 aliphatic heterocycles. The Hall–Kier alpha value is -3.12. The normalized spacial score (nSPS) is 10.4. The van der Waals surface area contributed by atoms with E-state index in [4.69, 9.17) is 16.3 Å². The van der Waals surface area contributed by atoms with E-state index in [0.717, 1.165) is 5.56 Å². The van der Waals surface area contributed by atoms with Crippen molar-refractivity contribution >= 4 is 29.2 Å². The lowest BCUT2D eigenvalue weighted by atomic mass is 10.2. The van der Waals surface area contributed by atoms with E-state index >= 15 is 0 Å². The number of nitrogens with zero attached hydrogens (tertiary/aromatic N) is 2. The van der Waals surface area contributed by atoms with Gasteiger partial charge in [-0.05, 0) is 36.8 Å². The van der Waals surface area contributed by atoms with Gasteiger partial charge in [0.15, 0.2) is 0 Å². The number of anilines is 1. The predicted molar refractivity (Wildman–Crippen MR) is 103 cm³/mol. The first-order valence-corrected chi connectivity index (χ1v) is 8.79. The molecular weight excluding hydrogens is 366 g/mol. The van der Waals surface area contributed by atoms with Gasteiger partial charge in [-0.25, -0.2) is 4.79 Å². The third kappa shape index (κ3) is 4.74. The first-order chi connectivity index (χ1) is 13.1. The van der Waals surface area contributed by atoms with Crippen LogP contribution in [0.2, 0.25) is 5.02 Å². The first-order valence-electron chi connectivity index (χ1n) is 8.41. The van der Waals surface area contributed by atoms with Gasteiger partial charge in [0.2, 0.25) is 0 Å². The average molecular weight is 384 g/mol. The van der Waals surface area contributed by atoms with Crippen molar-refractivity contribution in [2.75, 3.05) is 11.9 Å². The number of carbonyl (C=O) groups excluding carboxylic acids is 2. The lowest BCUT2D eigenvalue weighted by molar-refractivity contribution is 0.0526. The number of nitrogens with one attached hydrogen (secondary N) is 1. The second kappa shape index (κ2) is 8.51. The Balaban J connectivity index is 1.69. The third-order valence-corrected chi connectivity index (χ3v) is 4.19. The zero-order chi connectivity index (χ0) is 19.2. The van der Waals surface area contributed by atoms with Crippen LogP contribution in [0, 0.1) is 0 Å². The second-order valence-electron chi connectivity index (χ2n) is 5.77. The van der Waals surface area contributed by atoms with Gasteiger partial charge >= 0.3 is 5.97 Å². The SMILES string of the molecule is CCOC(=O)c1cccc(NC(=O)c2cnn(Cc3ccccc3Cl)c2)c1. The zero-order valence-corrected chi connectivity index (χ0v) is 15.4. The van der Waals surface area contributed by atoms with Crippen LogP contribution in [0.4, 0.5) is 5.69 Å². The number of hydrogen-bond donors (Lipinski definition) is 1. The highest BCUT2D eigenvalue weighted by molar-refractivity contribution is 6.31. The van der Waals surface area contributed by atoms with Crippen LogP contribution in [0.15, 0.2) is 60.9 Å². The lowest BCUT2D eigenvalue weighted by Gasteiger charge is -2.06. The molecule has 1 N–H and O–H groups in total. The molecule has 0 saturated carbocycles. The van der Waals surface area contributed by atoms with E-state index in [0.29, 0.717) is 35.0 Å². The Kier molecular flexibility index (Phi) is 5.88. The zero-order valence-electron chi connectivity index (χ0n) is 14.7. The summed E-state index contributed by atoms with van der Waals surface area (Å²) in [5, 5.41) is 7.61. The number of amides is 1. The van der Waals surface area contributed by atoms with Gasteiger partial charge in [0, 0.05) is 16.9 Å². The number of esters is 1. The van der Waals surface area contributed by atoms with Crippen molar-refractivity contribution in [3.05, 3.63) is 82.6 Å².